The second-order valence-corrected chi connectivity index (χ2v) is 2.86. The first-order valence-corrected chi connectivity index (χ1v) is 3.55. The molecule has 1 aliphatic rings. The first-order chi connectivity index (χ1) is 4.29. The van der Waals surface area contributed by atoms with Gasteiger partial charge in [0.25, 0.3) is 0 Å². The van der Waals surface area contributed by atoms with E-state index in [4.69, 9.17) is 9.84 Å². The molecule has 1 unspecified atom stereocenters. The molecule has 2 heteroatoms. The van der Waals surface area contributed by atoms with Gasteiger partial charge in [0.1, 0.15) is 0 Å². The molecule has 1 N–H and O–H groups in total. The fourth-order valence-corrected chi connectivity index (χ4v) is 1.15. The predicted octanol–water partition coefficient (Wildman–Crippen LogP) is 0.794. The standard InChI is InChI=1S/C7H14O2/c1-6-2-3-9-5-7(8)4-6/h6-8H,2-5H2,1H3/t6-,7?/m1/s1. The molecule has 1 fully saturated rings. The third kappa shape index (κ3) is 2.33. The van der Waals surface area contributed by atoms with Crippen molar-refractivity contribution >= 4 is 0 Å². The molecule has 0 aromatic carbocycles. The Balaban J connectivity index is 2.29. The van der Waals surface area contributed by atoms with Gasteiger partial charge in [-0.25, -0.2) is 0 Å². The highest BCUT2D eigenvalue weighted by Gasteiger charge is 2.13. The van der Waals surface area contributed by atoms with Crippen molar-refractivity contribution in [1.82, 2.24) is 0 Å². The summed E-state index contributed by atoms with van der Waals surface area (Å²) >= 11 is 0. The first kappa shape index (κ1) is 7.03. The molecule has 0 radical (unpaired) electrons. The van der Waals surface area contributed by atoms with Crippen LogP contribution < -0.4 is 0 Å². The third-order valence-corrected chi connectivity index (χ3v) is 1.74. The maximum Gasteiger partial charge on any atom is 0.0776 e. The van der Waals surface area contributed by atoms with Gasteiger partial charge in [-0.2, -0.15) is 0 Å². The minimum Gasteiger partial charge on any atom is -0.391 e. The minimum absolute atomic E-state index is 0.220. The molecule has 2 nitrogen and oxygen atoms in total. The van der Waals surface area contributed by atoms with Crippen LogP contribution in [0.1, 0.15) is 19.8 Å². The normalized spacial score (nSPS) is 38.0. The number of aliphatic hydroxyl groups is 1. The lowest BCUT2D eigenvalue weighted by atomic mass is 10.0. The molecule has 0 aromatic rings. The monoisotopic (exact) mass is 130 g/mol. The van der Waals surface area contributed by atoms with E-state index in [0.717, 1.165) is 19.4 Å². The van der Waals surface area contributed by atoms with E-state index in [-0.39, 0.29) is 6.10 Å². The van der Waals surface area contributed by atoms with E-state index in [1.165, 1.54) is 0 Å². The fourth-order valence-electron chi connectivity index (χ4n) is 1.15. The largest absolute Gasteiger partial charge is 0.391 e. The van der Waals surface area contributed by atoms with Gasteiger partial charge in [0.15, 0.2) is 0 Å². The van der Waals surface area contributed by atoms with Crippen molar-refractivity contribution in [2.45, 2.75) is 25.9 Å². The van der Waals surface area contributed by atoms with Crippen molar-refractivity contribution < 1.29 is 9.84 Å². The van der Waals surface area contributed by atoms with Gasteiger partial charge < -0.3 is 9.84 Å². The van der Waals surface area contributed by atoms with E-state index in [1.54, 1.807) is 0 Å². The molecule has 0 spiro atoms. The third-order valence-electron chi connectivity index (χ3n) is 1.74. The molecule has 1 saturated heterocycles. The van der Waals surface area contributed by atoms with Crippen LogP contribution in [0.4, 0.5) is 0 Å². The van der Waals surface area contributed by atoms with Gasteiger partial charge in [-0.3, -0.25) is 0 Å². The average Bonchev–Trinajstić information content (AvgIpc) is 1.93. The smallest absolute Gasteiger partial charge is 0.0776 e. The van der Waals surface area contributed by atoms with Crippen LogP contribution in [-0.4, -0.2) is 24.4 Å². The molecule has 1 rings (SSSR count). The van der Waals surface area contributed by atoms with Crippen LogP contribution in [0.2, 0.25) is 0 Å². The van der Waals surface area contributed by atoms with E-state index >= 15 is 0 Å². The lowest BCUT2D eigenvalue weighted by Crippen LogP contribution is -2.13. The average molecular weight is 130 g/mol. The molecule has 0 amide bonds. The molecule has 0 aromatic heterocycles. The summed E-state index contributed by atoms with van der Waals surface area (Å²) < 4.78 is 5.13. The zero-order valence-electron chi connectivity index (χ0n) is 5.84. The van der Waals surface area contributed by atoms with Crippen molar-refractivity contribution in [2.24, 2.45) is 5.92 Å². The zero-order valence-corrected chi connectivity index (χ0v) is 5.84. The van der Waals surface area contributed by atoms with Gasteiger partial charge in [-0.15, -0.1) is 0 Å². The molecule has 2 atom stereocenters. The molecular formula is C7H14O2. The van der Waals surface area contributed by atoms with E-state index in [2.05, 4.69) is 6.92 Å². The van der Waals surface area contributed by atoms with Crippen LogP contribution in [0.25, 0.3) is 0 Å². The van der Waals surface area contributed by atoms with E-state index in [1.807, 2.05) is 0 Å². The quantitative estimate of drug-likeness (QED) is 0.525. The number of aliphatic hydroxyl groups excluding tert-OH is 1. The molecule has 54 valence electrons. The maximum atomic E-state index is 9.13. The van der Waals surface area contributed by atoms with Crippen LogP contribution in [0.3, 0.4) is 0 Å². The Hall–Kier alpha value is -0.0800. The van der Waals surface area contributed by atoms with Crippen molar-refractivity contribution in [1.29, 1.82) is 0 Å². The summed E-state index contributed by atoms with van der Waals surface area (Å²) in [5, 5.41) is 9.13. The Labute approximate surface area is 55.8 Å². The van der Waals surface area contributed by atoms with Gasteiger partial charge >= 0.3 is 0 Å². The summed E-state index contributed by atoms with van der Waals surface area (Å²) in [4.78, 5) is 0. The Morgan fingerprint density at radius 3 is 3.11 bits per heavy atom. The van der Waals surface area contributed by atoms with Crippen LogP contribution in [0, 0.1) is 5.92 Å². The van der Waals surface area contributed by atoms with Crippen molar-refractivity contribution in [3.8, 4) is 0 Å². The molecule has 1 aliphatic heterocycles. The second-order valence-electron chi connectivity index (χ2n) is 2.86. The van der Waals surface area contributed by atoms with E-state index in [0.29, 0.717) is 12.5 Å². The highest BCUT2D eigenvalue weighted by molar-refractivity contribution is 4.64. The second kappa shape index (κ2) is 3.18. The molecule has 0 saturated carbocycles. The summed E-state index contributed by atoms with van der Waals surface area (Å²) in [7, 11) is 0. The Bertz CT molecular complexity index is 73.0. The van der Waals surface area contributed by atoms with Crippen LogP contribution in [0.15, 0.2) is 0 Å². The van der Waals surface area contributed by atoms with Gasteiger partial charge in [-0.05, 0) is 18.8 Å². The van der Waals surface area contributed by atoms with Gasteiger partial charge in [0.2, 0.25) is 0 Å². The van der Waals surface area contributed by atoms with Gasteiger partial charge in [0.05, 0.1) is 12.7 Å². The molecule has 0 bridgehead atoms. The zero-order chi connectivity index (χ0) is 6.69. The fraction of sp³-hybridized carbons (Fsp3) is 1.00. The Morgan fingerprint density at radius 1 is 1.56 bits per heavy atom. The van der Waals surface area contributed by atoms with Gasteiger partial charge in [0, 0.05) is 6.61 Å². The van der Waals surface area contributed by atoms with Crippen molar-refractivity contribution in [2.75, 3.05) is 13.2 Å². The highest BCUT2D eigenvalue weighted by atomic mass is 16.5. The molecular weight excluding hydrogens is 116 g/mol. The Kier molecular flexibility index (Phi) is 2.49. The summed E-state index contributed by atoms with van der Waals surface area (Å²) in [6.07, 6.45) is 1.78. The summed E-state index contributed by atoms with van der Waals surface area (Å²) in [5.41, 5.74) is 0. The first-order valence-electron chi connectivity index (χ1n) is 3.55. The van der Waals surface area contributed by atoms with E-state index in [9.17, 15) is 0 Å². The number of ether oxygens (including phenoxy) is 1. The van der Waals surface area contributed by atoms with Crippen molar-refractivity contribution in [3.63, 3.8) is 0 Å². The SMILES string of the molecule is C[C@@H]1CCOCC(O)C1. The highest BCUT2D eigenvalue weighted by Crippen LogP contribution is 2.14. The number of rotatable bonds is 0. The maximum absolute atomic E-state index is 9.13. The topological polar surface area (TPSA) is 29.5 Å². The molecule has 1 heterocycles. The van der Waals surface area contributed by atoms with Gasteiger partial charge in [-0.1, -0.05) is 6.92 Å². The van der Waals surface area contributed by atoms with Crippen molar-refractivity contribution in [3.05, 3.63) is 0 Å². The van der Waals surface area contributed by atoms with Crippen LogP contribution in [0.5, 0.6) is 0 Å². The molecule has 0 aliphatic carbocycles. The lowest BCUT2D eigenvalue weighted by Gasteiger charge is -2.07. The van der Waals surface area contributed by atoms with Crippen LogP contribution >= 0.6 is 0 Å². The predicted molar refractivity (Wildman–Crippen MR) is 35.2 cm³/mol. The minimum atomic E-state index is -0.220. The number of hydrogen-bond acceptors (Lipinski definition) is 2. The van der Waals surface area contributed by atoms with E-state index < -0.39 is 0 Å². The molecule has 9 heavy (non-hydrogen) atoms. The summed E-state index contributed by atoms with van der Waals surface area (Å²) in [6, 6.07) is 0. The number of hydrogen-bond donors (Lipinski definition) is 1. The summed E-state index contributed by atoms with van der Waals surface area (Å²) in [6.45, 7) is 3.50. The lowest BCUT2D eigenvalue weighted by molar-refractivity contribution is 0.0505. The summed E-state index contributed by atoms with van der Waals surface area (Å²) in [5.74, 6) is 0.627. The Morgan fingerprint density at radius 2 is 2.33 bits per heavy atom. The van der Waals surface area contributed by atoms with Crippen LogP contribution in [-0.2, 0) is 4.74 Å².